The molecule has 1 aromatic carbocycles. The Morgan fingerprint density at radius 1 is 1.32 bits per heavy atom. The second kappa shape index (κ2) is 5.31. The summed E-state index contributed by atoms with van der Waals surface area (Å²) in [6, 6.07) is 7.71. The molecule has 2 amide bonds. The zero-order valence-corrected chi connectivity index (χ0v) is 9.96. The van der Waals surface area contributed by atoms with Crippen LogP contribution in [-0.2, 0) is 14.3 Å². The summed E-state index contributed by atoms with van der Waals surface area (Å²) in [6.45, 7) is -0.343. The van der Waals surface area contributed by atoms with Crippen LogP contribution in [0.5, 0.6) is 0 Å². The lowest BCUT2D eigenvalue weighted by Crippen LogP contribution is -2.28. The number of hydrogen-bond acceptors (Lipinski definition) is 5. The van der Waals surface area contributed by atoms with Crippen molar-refractivity contribution < 1.29 is 19.1 Å². The second-order valence-corrected chi connectivity index (χ2v) is 3.91. The predicted molar refractivity (Wildman–Crippen MR) is 64.1 cm³/mol. The monoisotopic (exact) mass is 258 g/mol. The highest BCUT2D eigenvalue weighted by atomic mass is 16.5. The molecule has 0 bridgehead atoms. The second-order valence-electron chi connectivity index (χ2n) is 3.91. The van der Waals surface area contributed by atoms with Crippen LogP contribution in [0, 0.1) is 11.3 Å². The third-order valence-electron chi connectivity index (χ3n) is 2.66. The molecular formula is C13H10N2O4. The van der Waals surface area contributed by atoms with Crippen molar-refractivity contribution >= 4 is 23.5 Å². The predicted octanol–water partition coefficient (Wildman–Crippen LogP) is 1.02. The fourth-order valence-corrected chi connectivity index (χ4v) is 1.82. The molecule has 0 saturated carbocycles. The van der Waals surface area contributed by atoms with Gasteiger partial charge in [0.05, 0.1) is 11.3 Å². The molecule has 19 heavy (non-hydrogen) atoms. The van der Waals surface area contributed by atoms with Gasteiger partial charge >= 0.3 is 5.97 Å². The Morgan fingerprint density at radius 3 is 2.63 bits per heavy atom. The molecule has 0 atom stereocenters. The Hall–Kier alpha value is -2.68. The van der Waals surface area contributed by atoms with Crippen LogP contribution in [0.2, 0.25) is 0 Å². The van der Waals surface area contributed by atoms with Crippen molar-refractivity contribution in [1.29, 1.82) is 5.26 Å². The molecule has 2 rings (SSSR count). The minimum atomic E-state index is -0.664. The van der Waals surface area contributed by atoms with Crippen LogP contribution < -0.4 is 4.90 Å². The lowest BCUT2D eigenvalue weighted by molar-refractivity contribution is -0.121. The maximum Gasteiger partial charge on any atom is 0.339 e. The van der Waals surface area contributed by atoms with E-state index in [2.05, 4.69) is 4.74 Å². The summed E-state index contributed by atoms with van der Waals surface area (Å²) in [7, 11) is 0. The summed E-state index contributed by atoms with van der Waals surface area (Å²) in [5.74, 6) is -1.23. The van der Waals surface area contributed by atoms with Crippen molar-refractivity contribution in [2.45, 2.75) is 12.8 Å². The van der Waals surface area contributed by atoms with Gasteiger partial charge in [0, 0.05) is 12.8 Å². The van der Waals surface area contributed by atoms with Crippen molar-refractivity contribution in [2.24, 2.45) is 0 Å². The third kappa shape index (κ3) is 2.60. The van der Waals surface area contributed by atoms with E-state index in [1.165, 1.54) is 12.1 Å². The van der Waals surface area contributed by atoms with Gasteiger partial charge in [0.2, 0.25) is 11.8 Å². The smallest absolute Gasteiger partial charge is 0.339 e. The number of ether oxygens (including phenoxy) is 1. The van der Waals surface area contributed by atoms with Gasteiger partial charge in [-0.3, -0.25) is 14.5 Å². The number of carbonyl (C=O) groups is 3. The number of carbonyl (C=O) groups excluding carboxylic acids is 3. The lowest BCUT2D eigenvalue weighted by atomic mass is 10.2. The molecule has 0 unspecified atom stereocenters. The summed E-state index contributed by atoms with van der Waals surface area (Å²) >= 11 is 0. The number of hydrogen-bond donors (Lipinski definition) is 0. The van der Waals surface area contributed by atoms with Crippen LogP contribution in [0.1, 0.15) is 23.2 Å². The molecule has 0 aromatic heterocycles. The Balaban J connectivity index is 2.25. The first-order valence-electron chi connectivity index (χ1n) is 5.63. The fourth-order valence-electron chi connectivity index (χ4n) is 1.82. The Kier molecular flexibility index (Phi) is 3.57. The first-order valence-corrected chi connectivity index (χ1v) is 5.63. The number of anilines is 1. The average Bonchev–Trinajstić information content (AvgIpc) is 2.75. The number of nitrogens with zero attached hydrogens (tertiary/aromatic N) is 2. The fraction of sp³-hybridized carbons (Fsp3) is 0.231. The molecule has 0 radical (unpaired) electrons. The highest BCUT2D eigenvalue weighted by molar-refractivity contribution is 6.20. The van der Waals surface area contributed by atoms with Crippen molar-refractivity contribution in [3.8, 4) is 6.07 Å². The van der Waals surface area contributed by atoms with E-state index in [-0.39, 0.29) is 36.8 Å². The summed E-state index contributed by atoms with van der Waals surface area (Å²) in [6.07, 6.45) is 0.365. The highest BCUT2D eigenvalue weighted by Gasteiger charge is 2.30. The largest absolute Gasteiger partial charge is 0.447 e. The van der Waals surface area contributed by atoms with Crippen LogP contribution in [0.4, 0.5) is 5.69 Å². The number of nitriles is 1. The van der Waals surface area contributed by atoms with E-state index in [1.54, 1.807) is 18.2 Å². The van der Waals surface area contributed by atoms with Gasteiger partial charge < -0.3 is 4.74 Å². The molecule has 1 aromatic rings. The highest BCUT2D eigenvalue weighted by Crippen LogP contribution is 2.23. The summed E-state index contributed by atoms with van der Waals surface area (Å²) < 4.78 is 4.66. The van der Waals surface area contributed by atoms with Crippen LogP contribution in [0.3, 0.4) is 0 Å². The third-order valence-corrected chi connectivity index (χ3v) is 2.66. The van der Waals surface area contributed by atoms with E-state index in [0.29, 0.717) is 5.69 Å². The number of esters is 1. The lowest BCUT2D eigenvalue weighted by Gasteiger charge is -2.14. The van der Waals surface area contributed by atoms with Crippen LogP contribution in [0.15, 0.2) is 24.3 Å². The molecule has 1 aliphatic rings. The van der Waals surface area contributed by atoms with Gasteiger partial charge in [-0.15, -0.1) is 0 Å². The molecule has 1 heterocycles. The summed E-state index contributed by atoms with van der Waals surface area (Å²) in [5, 5.41) is 8.33. The minimum Gasteiger partial charge on any atom is -0.447 e. The average molecular weight is 258 g/mol. The van der Waals surface area contributed by atoms with Crippen molar-refractivity contribution in [1.82, 2.24) is 0 Å². The van der Waals surface area contributed by atoms with Gasteiger partial charge in [0.25, 0.3) is 0 Å². The maximum atomic E-state index is 11.6. The number of imide groups is 1. The molecule has 96 valence electrons. The van der Waals surface area contributed by atoms with E-state index in [0.717, 1.165) is 4.90 Å². The molecule has 1 aliphatic heterocycles. The van der Waals surface area contributed by atoms with E-state index in [1.807, 2.05) is 0 Å². The molecule has 0 N–H and O–H groups in total. The first kappa shape index (κ1) is 12.8. The summed E-state index contributed by atoms with van der Waals surface area (Å²) in [4.78, 5) is 35.8. The van der Waals surface area contributed by atoms with E-state index in [4.69, 9.17) is 5.26 Å². The quantitative estimate of drug-likeness (QED) is 0.596. The van der Waals surface area contributed by atoms with Crippen LogP contribution in [0.25, 0.3) is 0 Å². The summed E-state index contributed by atoms with van der Waals surface area (Å²) in [5.41, 5.74) is 0.541. The van der Waals surface area contributed by atoms with Gasteiger partial charge in [-0.1, -0.05) is 6.07 Å². The molecule has 0 aliphatic carbocycles. The zero-order valence-electron chi connectivity index (χ0n) is 9.96. The van der Waals surface area contributed by atoms with E-state index < -0.39 is 5.97 Å². The van der Waals surface area contributed by atoms with Crippen molar-refractivity contribution in [3.63, 3.8) is 0 Å². The normalized spacial score (nSPS) is 14.4. The SMILES string of the molecule is N#CCOC(=O)c1cccc(N2C(=O)CCC2=O)c1. The molecular weight excluding hydrogens is 248 g/mol. The number of amides is 2. The Bertz CT molecular complexity index is 573. The minimum absolute atomic E-state index is 0.182. The zero-order chi connectivity index (χ0) is 13.8. The molecule has 1 saturated heterocycles. The van der Waals surface area contributed by atoms with Crippen molar-refractivity contribution in [3.05, 3.63) is 29.8 Å². The van der Waals surface area contributed by atoms with Gasteiger partial charge in [-0.2, -0.15) is 5.26 Å². The standard InChI is InChI=1S/C13H10N2O4/c14-6-7-19-13(18)9-2-1-3-10(8-9)15-11(16)4-5-12(15)17/h1-3,8H,4-5,7H2. The van der Waals surface area contributed by atoms with Gasteiger partial charge in [0.15, 0.2) is 6.61 Å². The topological polar surface area (TPSA) is 87.5 Å². The van der Waals surface area contributed by atoms with Crippen LogP contribution in [-0.4, -0.2) is 24.4 Å². The molecule has 0 spiro atoms. The maximum absolute atomic E-state index is 11.6. The molecule has 1 fully saturated rings. The van der Waals surface area contributed by atoms with E-state index >= 15 is 0 Å². The molecule has 6 nitrogen and oxygen atoms in total. The Labute approximate surface area is 109 Å². The van der Waals surface area contributed by atoms with Crippen LogP contribution >= 0.6 is 0 Å². The van der Waals surface area contributed by atoms with Gasteiger partial charge in [-0.25, -0.2) is 4.79 Å². The van der Waals surface area contributed by atoms with E-state index in [9.17, 15) is 14.4 Å². The van der Waals surface area contributed by atoms with Gasteiger partial charge in [0.1, 0.15) is 6.07 Å². The number of rotatable bonds is 3. The van der Waals surface area contributed by atoms with Gasteiger partial charge in [-0.05, 0) is 18.2 Å². The van der Waals surface area contributed by atoms with Crippen molar-refractivity contribution in [2.75, 3.05) is 11.5 Å². The number of benzene rings is 1. The molecule has 6 heteroatoms. The first-order chi connectivity index (χ1) is 9.13. The Morgan fingerprint density at radius 2 is 2.00 bits per heavy atom.